The van der Waals surface area contributed by atoms with Crippen LogP contribution < -0.4 is 15.4 Å². The first-order chi connectivity index (χ1) is 11.0. The van der Waals surface area contributed by atoms with Crippen LogP contribution in [0.15, 0.2) is 22.5 Å². The summed E-state index contributed by atoms with van der Waals surface area (Å²) in [6, 6.07) is 3.78. The van der Waals surface area contributed by atoms with Crippen molar-refractivity contribution in [3.8, 4) is 0 Å². The molecule has 0 spiro atoms. The third-order valence-electron chi connectivity index (χ3n) is 3.09. The lowest BCUT2D eigenvalue weighted by atomic mass is 10.1. The van der Waals surface area contributed by atoms with Gasteiger partial charge in [0.15, 0.2) is 5.96 Å². The summed E-state index contributed by atoms with van der Waals surface area (Å²) in [6.07, 6.45) is 1.13. The Balaban J connectivity index is 2.72. The topological polar surface area (TPSA) is 103 Å². The Morgan fingerprint density at radius 1 is 1.33 bits per heavy atom. The average Bonchev–Trinajstić information content (AvgIpc) is 2.94. The van der Waals surface area contributed by atoms with Crippen LogP contribution >= 0.6 is 11.3 Å². The molecule has 9 heteroatoms. The summed E-state index contributed by atoms with van der Waals surface area (Å²) >= 11 is 1.49. The number of nitrogens with one attached hydrogen (secondary N) is 3. The van der Waals surface area contributed by atoms with Gasteiger partial charge < -0.3 is 15.7 Å². The number of aliphatic hydroxyl groups is 1. The van der Waals surface area contributed by atoms with Crippen molar-refractivity contribution >= 4 is 27.3 Å². The molecule has 0 aliphatic rings. The fourth-order valence-corrected chi connectivity index (χ4v) is 3.94. The van der Waals surface area contributed by atoms with Crippen LogP contribution in [0.2, 0.25) is 0 Å². The van der Waals surface area contributed by atoms with Gasteiger partial charge in [0, 0.05) is 17.0 Å². The van der Waals surface area contributed by atoms with Crippen molar-refractivity contribution in [1.29, 1.82) is 0 Å². The fraction of sp³-hybridized carbons (Fsp3) is 0.667. The van der Waals surface area contributed by atoms with Crippen LogP contribution in [0.3, 0.4) is 0 Å². The van der Waals surface area contributed by atoms with Crippen LogP contribution in [0.4, 0.5) is 0 Å². The number of thiophene rings is 1. The van der Waals surface area contributed by atoms with Gasteiger partial charge in [0.05, 0.1) is 19.3 Å². The molecule has 0 saturated carbocycles. The van der Waals surface area contributed by atoms with Gasteiger partial charge in [-0.1, -0.05) is 6.07 Å². The zero-order valence-electron chi connectivity index (χ0n) is 14.9. The summed E-state index contributed by atoms with van der Waals surface area (Å²) in [5, 5.41) is 18.7. The molecule has 1 aromatic rings. The van der Waals surface area contributed by atoms with Crippen molar-refractivity contribution in [3.05, 3.63) is 22.4 Å². The Hall–Kier alpha value is -1.16. The first-order valence-corrected chi connectivity index (χ1v) is 10.5. The molecule has 0 aromatic carbocycles. The third kappa shape index (κ3) is 7.61. The van der Waals surface area contributed by atoms with Gasteiger partial charge in [-0.3, -0.25) is 4.99 Å². The maximum Gasteiger partial charge on any atom is 0.209 e. The summed E-state index contributed by atoms with van der Waals surface area (Å²) in [5.41, 5.74) is -1.71. The molecule has 0 radical (unpaired) electrons. The molecular weight excluding hydrogens is 348 g/mol. The maximum absolute atomic E-state index is 11.4. The first-order valence-electron chi connectivity index (χ1n) is 7.73. The molecule has 0 saturated heterocycles. The molecule has 1 unspecified atom stereocenters. The molecule has 0 fully saturated rings. The van der Waals surface area contributed by atoms with E-state index in [9.17, 15) is 13.5 Å². The van der Waals surface area contributed by atoms with Crippen LogP contribution in [-0.4, -0.2) is 50.9 Å². The van der Waals surface area contributed by atoms with Crippen LogP contribution in [0.25, 0.3) is 0 Å². The second-order valence-electron chi connectivity index (χ2n) is 6.56. The van der Waals surface area contributed by atoms with Gasteiger partial charge in [-0.2, -0.15) is 0 Å². The molecule has 1 rings (SSSR count). The zero-order chi connectivity index (χ0) is 18.4. The van der Waals surface area contributed by atoms with Crippen molar-refractivity contribution < 1.29 is 13.5 Å². The van der Waals surface area contributed by atoms with E-state index in [-0.39, 0.29) is 6.54 Å². The third-order valence-corrected chi connectivity index (χ3v) is 5.14. The number of nitrogens with zero attached hydrogens (tertiary/aromatic N) is 1. The maximum atomic E-state index is 11.4. The zero-order valence-corrected chi connectivity index (χ0v) is 16.5. The Morgan fingerprint density at radius 3 is 2.50 bits per heavy atom. The van der Waals surface area contributed by atoms with Gasteiger partial charge in [-0.15, -0.1) is 11.3 Å². The van der Waals surface area contributed by atoms with E-state index in [0.29, 0.717) is 19.0 Å². The van der Waals surface area contributed by atoms with E-state index in [0.717, 1.165) is 11.1 Å². The first kappa shape index (κ1) is 20.9. The highest BCUT2D eigenvalue weighted by molar-refractivity contribution is 7.88. The van der Waals surface area contributed by atoms with Crippen molar-refractivity contribution in [1.82, 2.24) is 15.4 Å². The van der Waals surface area contributed by atoms with Crippen LogP contribution in [0.1, 0.15) is 32.6 Å². The van der Waals surface area contributed by atoms with Crippen molar-refractivity contribution in [2.24, 2.45) is 4.99 Å². The van der Waals surface area contributed by atoms with Crippen LogP contribution in [0, 0.1) is 0 Å². The number of guanidine groups is 1. The Bertz CT molecular complexity index is 638. The smallest absolute Gasteiger partial charge is 0.209 e. The molecule has 1 atom stereocenters. The summed E-state index contributed by atoms with van der Waals surface area (Å²) in [6.45, 7) is 8.42. The molecule has 1 heterocycles. The van der Waals surface area contributed by atoms with Crippen molar-refractivity contribution in [2.45, 2.75) is 38.8 Å². The lowest BCUT2D eigenvalue weighted by Gasteiger charge is -2.25. The molecule has 0 bridgehead atoms. The standard InChI is InChI=1S/C15H28N4O3S2/c1-6-16-13(17-10-14(2,3)19-24(5,21)22)18-11-15(4,20)12-8-7-9-23-12/h7-9,19-20H,6,10-11H2,1-5H3,(H2,16,17,18). The lowest BCUT2D eigenvalue weighted by Crippen LogP contribution is -2.48. The van der Waals surface area contributed by atoms with Gasteiger partial charge in [0.25, 0.3) is 0 Å². The van der Waals surface area contributed by atoms with Crippen molar-refractivity contribution in [2.75, 3.05) is 25.9 Å². The molecule has 1 aromatic heterocycles. The van der Waals surface area contributed by atoms with Gasteiger partial charge in [-0.05, 0) is 39.1 Å². The Labute approximate surface area is 148 Å². The predicted molar refractivity (Wildman–Crippen MR) is 99.9 cm³/mol. The molecule has 138 valence electrons. The highest BCUT2D eigenvalue weighted by Gasteiger charge is 2.25. The van der Waals surface area contributed by atoms with Gasteiger partial charge in [-0.25, -0.2) is 13.1 Å². The van der Waals surface area contributed by atoms with Gasteiger partial charge >= 0.3 is 0 Å². The minimum Gasteiger partial charge on any atom is -0.383 e. The van der Waals surface area contributed by atoms with E-state index < -0.39 is 21.2 Å². The lowest BCUT2D eigenvalue weighted by molar-refractivity contribution is 0.0655. The fourth-order valence-electron chi connectivity index (χ4n) is 2.08. The summed E-state index contributed by atoms with van der Waals surface area (Å²) < 4.78 is 25.3. The van der Waals surface area contributed by atoms with E-state index in [1.54, 1.807) is 20.8 Å². The highest BCUT2D eigenvalue weighted by Crippen LogP contribution is 2.24. The van der Waals surface area contributed by atoms with E-state index in [1.165, 1.54) is 11.3 Å². The minimum absolute atomic E-state index is 0.260. The largest absolute Gasteiger partial charge is 0.383 e. The SMILES string of the molecule is CCNC(=NCC(C)(C)NS(C)(=O)=O)NCC(C)(O)c1cccs1. The number of hydrogen-bond acceptors (Lipinski definition) is 5. The van der Waals surface area contributed by atoms with Crippen LogP contribution in [0.5, 0.6) is 0 Å². The molecule has 0 aliphatic heterocycles. The second-order valence-corrected chi connectivity index (χ2v) is 9.25. The van der Waals surface area contributed by atoms with E-state index in [1.807, 2.05) is 24.4 Å². The van der Waals surface area contributed by atoms with Gasteiger partial charge in [0.1, 0.15) is 5.60 Å². The van der Waals surface area contributed by atoms with Gasteiger partial charge in [0.2, 0.25) is 10.0 Å². The monoisotopic (exact) mass is 376 g/mol. The molecule has 7 nitrogen and oxygen atoms in total. The quantitative estimate of drug-likeness (QED) is 0.398. The van der Waals surface area contributed by atoms with Crippen LogP contribution in [-0.2, 0) is 15.6 Å². The molecule has 0 amide bonds. The Morgan fingerprint density at radius 2 is 2.00 bits per heavy atom. The summed E-state index contributed by atoms with van der Waals surface area (Å²) in [4.78, 5) is 5.28. The number of sulfonamides is 1. The Kier molecular flexibility index (Phi) is 7.21. The molecule has 24 heavy (non-hydrogen) atoms. The van der Waals surface area contributed by atoms with E-state index in [4.69, 9.17) is 0 Å². The number of aliphatic imine (C=N–C) groups is 1. The highest BCUT2D eigenvalue weighted by atomic mass is 32.2. The van der Waals surface area contributed by atoms with E-state index >= 15 is 0 Å². The number of rotatable bonds is 8. The molecule has 0 aliphatic carbocycles. The minimum atomic E-state index is -3.31. The molecule has 4 N–H and O–H groups in total. The van der Waals surface area contributed by atoms with E-state index in [2.05, 4.69) is 20.3 Å². The number of hydrogen-bond donors (Lipinski definition) is 4. The van der Waals surface area contributed by atoms with Crippen molar-refractivity contribution in [3.63, 3.8) is 0 Å². The second kappa shape index (κ2) is 8.28. The molecular formula is C15H28N4O3S2. The predicted octanol–water partition coefficient (Wildman–Crippen LogP) is 0.839. The normalized spacial score (nSPS) is 15.8. The summed E-state index contributed by atoms with van der Waals surface area (Å²) in [7, 11) is -3.31. The average molecular weight is 377 g/mol. The summed E-state index contributed by atoms with van der Waals surface area (Å²) in [5.74, 6) is 0.526.